The first-order chi connectivity index (χ1) is 11.8. The number of amides is 1. The van der Waals surface area contributed by atoms with Crippen molar-refractivity contribution in [2.24, 2.45) is 5.92 Å². The smallest absolute Gasteiger partial charge is 0.253 e. The number of sulfonamides is 1. The SMILES string of the molecule is COc1ccc(C(=O)N2CCC(CC3CC3)(NS(C)(=O)=O)CC2)cc1. The maximum absolute atomic E-state index is 12.7. The molecule has 1 heterocycles. The predicted molar refractivity (Wildman–Crippen MR) is 96.2 cm³/mol. The number of hydrogen-bond donors (Lipinski definition) is 1. The second-order valence-corrected chi connectivity index (χ2v) is 9.07. The van der Waals surface area contributed by atoms with Gasteiger partial charge in [0.15, 0.2) is 0 Å². The normalized spacial score (nSPS) is 20.3. The van der Waals surface area contributed by atoms with E-state index in [9.17, 15) is 13.2 Å². The van der Waals surface area contributed by atoms with E-state index in [4.69, 9.17) is 4.74 Å². The highest BCUT2D eigenvalue weighted by atomic mass is 32.2. The Balaban J connectivity index is 1.66. The fraction of sp³-hybridized carbons (Fsp3) is 0.611. The molecular weight excluding hydrogens is 340 g/mol. The van der Waals surface area contributed by atoms with E-state index >= 15 is 0 Å². The maximum Gasteiger partial charge on any atom is 0.253 e. The van der Waals surface area contributed by atoms with Gasteiger partial charge in [-0.2, -0.15) is 0 Å². The fourth-order valence-corrected chi connectivity index (χ4v) is 4.74. The van der Waals surface area contributed by atoms with E-state index in [0.29, 0.717) is 37.4 Å². The molecule has 0 atom stereocenters. The molecule has 1 saturated carbocycles. The molecular formula is C18H26N2O4S. The van der Waals surface area contributed by atoms with Gasteiger partial charge in [0, 0.05) is 24.2 Å². The molecule has 138 valence electrons. The van der Waals surface area contributed by atoms with Gasteiger partial charge in [0.1, 0.15) is 5.75 Å². The van der Waals surface area contributed by atoms with Crippen molar-refractivity contribution in [3.63, 3.8) is 0 Å². The molecule has 1 aromatic carbocycles. The molecule has 0 spiro atoms. The van der Waals surface area contributed by atoms with Crippen LogP contribution >= 0.6 is 0 Å². The van der Waals surface area contributed by atoms with Crippen LogP contribution in [0.2, 0.25) is 0 Å². The van der Waals surface area contributed by atoms with Crippen molar-refractivity contribution in [1.82, 2.24) is 9.62 Å². The first-order valence-corrected chi connectivity index (χ1v) is 10.6. The maximum atomic E-state index is 12.7. The Morgan fingerprint density at radius 3 is 2.32 bits per heavy atom. The van der Waals surface area contributed by atoms with Gasteiger partial charge in [0.25, 0.3) is 5.91 Å². The van der Waals surface area contributed by atoms with Crippen molar-refractivity contribution in [1.29, 1.82) is 0 Å². The molecule has 1 N–H and O–H groups in total. The number of carbonyl (C=O) groups is 1. The minimum Gasteiger partial charge on any atom is -0.497 e. The molecule has 25 heavy (non-hydrogen) atoms. The number of nitrogens with one attached hydrogen (secondary N) is 1. The van der Waals surface area contributed by atoms with Crippen LogP contribution in [-0.4, -0.2) is 51.2 Å². The molecule has 1 aromatic rings. The Morgan fingerprint density at radius 2 is 1.84 bits per heavy atom. The Bertz CT molecular complexity index is 718. The van der Waals surface area contributed by atoms with Gasteiger partial charge in [-0.3, -0.25) is 4.79 Å². The highest BCUT2D eigenvalue weighted by molar-refractivity contribution is 7.88. The lowest BCUT2D eigenvalue weighted by Crippen LogP contribution is -2.56. The second-order valence-electron chi connectivity index (χ2n) is 7.32. The molecule has 0 radical (unpaired) electrons. The van der Waals surface area contributed by atoms with Crippen molar-refractivity contribution < 1.29 is 17.9 Å². The summed E-state index contributed by atoms with van der Waals surface area (Å²) in [5, 5.41) is 0. The number of hydrogen-bond acceptors (Lipinski definition) is 4. The lowest BCUT2D eigenvalue weighted by Gasteiger charge is -2.42. The lowest BCUT2D eigenvalue weighted by atomic mass is 9.83. The third kappa shape index (κ3) is 4.73. The second kappa shape index (κ2) is 6.96. The van der Waals surface area contributed by atoms with Crippen molar-refractivity contribution in [2.75, 3.05) is 26.5 Å². The van der Waals surface area contributed by atoms with E-state index in [0.717, 1.165) is 12.2 Å². The summed E-state index contributed by atoms with van der Waals surface area (Å²) in [4.78, 5) is 14.5. The zero-order chi connectivity index (χ0) is 18.1. The minimum absolute atomic E-state index is 0.0120. The van der Waals surface area contributed by atoms with Crippen LogP contribution in [0.15, 0.2) is 24.3 Å². The van der Waals surface area contributed by atoms with Gasteiger partial charge in [0.05, 0.1) is 13.4 Å². The molecule has 0 unspecified atom stereocenters. The van der Waals surface area contributed by atoms with Crippen molar-refractivity contribution in [3.05, 3.63) is 29.8 Å². The van der Waals surface area contributed by atoms with E-state index in [-0.39, 0.29) is 5.91 Å². The summed E-state index contributed by atoms with van der Waals surface area (Å²) >= 11 is 0. The Morgan fingerprint density at radius 1 is 1.24 bits per heavy atom. The van der Waals surface area contributed by atoms with Crippen LogP contribution in [0.1, 0.15) is 42.5 Å². The molecule has 6 nitrogen and oxygen atoms in total. The van der Waals surface area contributed by atoms with Crippen molar-refractivity contribution >= 4 is 15.9 Å². The number of piperidine rings is 1. The zero-order valence-electron chi connectivity index (χ0n) is 14.8. The lowest BCUT2D eigenvalue weighted by molar-refractivity contribution is 0.0649. The quantitative estimate of drug-likeness (QED) is 0.836. The van der Waals surface area contributed by atoms with Gasteiger partial charge in [-0.1, -0.05) is 12.8 Å². The van der Waals surface area contributed by atoms with Gasteiger partial charge >= 0.3 is 0 Å². The molecule has 1 amide bonds. The van der Waals surface area contributed by atoms with E-state index < -0.39 is 15.6 Å². The first-order valence-electron chi connectivity index (χ1n) is 8.73. The molecule has 2 aliphatic rings. The molecule has 1 aliphatic carbocycles. The molecule has 1 saturated heterocycles. The molecule has 0 aromatic heterocycles. The molecule has 2 fully saturated rings. The van der Waals surface area contributed by atoms with Crippen molar-refractivity contribution in [2.45, 2.75) is 37.6 Å². The summed E-state index contributed by atoms with van der Waals surface area (Å²) in [6.07, 6.45) is 5.79. The average molecular weight is 366 g/mol. The number of nitrogens with zero attached hydrogens (tertiary/aromatic N) is 1. The Labute approximate surface area is 149 Å². The van der Waals surface area contributed by atoms with Gasteiger partial charge in [-0.25, -0.2) is 13.1 Å². The summed E-state index contributed by atoms with van der Waals surface area (Å²) < 4.78 is 31.6. The van der Waals surface area contributed by atoms with Gasteiger partial charge in [-0.05, 0) is 49.4 Å². The predicted octanol–water partition coefficient (Wildman–Crippen LogP) is 2.02. The summed E-state index contributed by atoms with van der Waals surface area (Å²) in [5.41, 5.74) is 0.234. The third-order valence-corrected chi connectivity index (χ3v) is 5.93. The Kier molecular flexibility index (Phi) is 5.06. The van der Waals surface area contributed by atoms with Crippen LogP contribution in [0.3, 0.4) is 0 Å². The number of likely N-dealkylation sites (tertiary alicyclic amines) is 1. The molecule has 3 rings (SSSR count). The van der Waals surface area contributed by atoms with Crippen LogP contribution in [-0.2, 0) is 10.0 Å². The third-order valence-electron chi connectivity index (χ3n) is 5.12. The number of benzene rings is 1. The standard InChI is InChI=1S/C18H26N2O4S/c1-24-16-7-5-15(6-8-16)17(21)20-11-9-18(10-12-20,13-14-3-4-14)19-25(2,22)23/h5-8,14,19H,3-4,9-13H2,1-2H3. The average Bonchev–Trinajstić information content (AvgIpc) is 3.37. The van der Waals surface area contributed by atoms with E-state index in [1.807, 2.05) is 4.90 Å². The van der Waals surface area contributed by atoms with Crippen LogP contribution in [0.4, 0.5) is 0 Å². The van der Waals surface area contributed by atoms with E-state index in [2.05, 4.69) is 4.72 Å². The molecule has 0 bridgehead atoms. The number of carbonyl (C=O) groups excluding carboxylic acids is 1. The summed E-state index contributed by atoms with van der Waals surface area (Å²) in [6, 6.07) is 7.09. The summed E-state index contributed by atoms with van der Waals surface area (Å²) in [5.74, 6) is 1.33. The monoisotopic (exact) mass is 366 g/mol. The van der Waals surface area contributed by atoms with Gasteiger partial charge < -0.3 is 9.64 Å². The minimum atomic E-state index is -3.26. The highest BCUT2D eigenvalue weighted by Crippen LogP contribution is 2.41. The summed E-state index contributed by atoms with van der Waals surface area (Å²) in [6.45, 7) is 1.14. The van der Waals surface area contributed by atoms with Gasteiger partial charge in [-0.15, -0.1) is 0 Å². The zero-order valence-corrected chi connectivity index (χ0v) is 15.6. The van der Waals surface area contributed by atoms with Crippen LogP contribution < -0.4 is 9.46 Å². The largest absolute Gasteiger partial charge is 0.497 e. The Hall–Kier alpha value is -1.60. The number of methoxy groups -OCH3 is 1. The highest BCUT2D eigenvalue weighted by Gasteiger charge is 2.42. The fourth-order valence-electron chi connectivity index (χ4n) is 3.67. The first kappa shape index (κ1) is 18.2. The van der Waals surface area contributed by atoms with E-state index in [1.54, 1.807) is 31.4 Å². The molecule has 7 heteroatoms. The number of rotatable bonds is 6. The number of ether oxygens (including phenoxy) is 1. The van der Waals surface area contributed by atoms with E-state index in [1.165, 1.54) is 19.1 Å². The van der Waals surface area contributed by atoms with Gasteiger partial charge in [0.2, 0.25) is 10.0 Å². The summed E-state index contributed by atoms with van der Waals surface area (Å²) in [7, 11) is -1.67. The van der Waals surface area contributed by atoms with Crippen LogP contribution in [0.25, 0.3) is 0 Å². The molecule has 1 aliphatic heterocycles. The van der Waals surface area contributed by atoms with Crippen molar-refractivity contribution in [3.8, 4) is 5.75 Å². The topological polar surface area (TPSA) is 75.7 Å². The van der Waals surface area contributed by atoms with Crippen LogP contribution in [0.5, 0.6) is 5.75 Å². The van der Waals surface area contributed by atoms with Crippen LogP contribution in [0, 0.1) is 5.92 Å².